The zero-order valence-corrected chi connectivity index (χ0v) is 17.5. The molecule has 0 N–H and O–H groups in total. The van der Waals surface area contributed by atoms with Gasteiger partial charge in [-0.05, 0) is 60.9 Å². The van der Waals surface area contributed by atoms with Crippen molar-refractivity contribution in [3.8, 4) is 5.75 Å². The predicted molar refractivity (Wildman–Crippen MR) is 110 cm³/mol. The highest BCUT2D eigenvalue weighted by Crippen LogP contribution is 2.29. The van der Waals surface area contributed by atoms with Gasteiger partial charge in [0.25, 0.3) is 0 Å². The first kappa shape index (κ1) is 24.1. The minimum Gasteiger partial charge on any atom is -0.423 e. The van der Waals surface area contributed by atoms with E-state index in [1.54, 1.807) is 0 Å². The van der Waals surface area contributed by atoms with Gasteiger partial charge in [-0.1, -0.05) is 27.2 Å². The molecule has 5 nitrogen and oxygen atoms in total. The van der Waals surface area contributed by atoms with Gasteiger partial charge in [-0.2, -0.15) is 13.2 Å². The Hall–Kier alpha value is -3.16. The number of rotatable bonds is 8. The van der Waals surface area contributed by atoms with E-state index in [4.69, 9.17) is 4.74 Å². The average molecular weight is 435 g/mol. The van der Waals surface area contributed by atoms with Crippen molar-refractivity contribution in [3.05, 3.63) is 59.7 Å². The van der Waals surface area contributed by atoms with Crippen molar-refractivity contribution in [3.63, 3.8) is 0 Å². The Kier molecular flexibility index (Phi) is 7.96. The van der Waals surface area contributed by atoms with Crippen LogP contribution in [0.25, 0.3) is 0 Å². The van der Waals surface area contributed by atoms with Crippen molar-refractivity contribution >= 4 is 24.0 Å². The van der Waals surface area contributed by atoms with Crippen LogP contribution in [0.4, 0.5) is 18.9 Å². The summed E-state index contributed by atoms with van der Waals surface area (Å²) in [6.45, 7) is 5.83. The summed E-state index contributed by atoms with van der Waals surface area (Å²) in [5, 5.41) is 0. The number of imide groups is 1. The number of anilines is 1. The van der Waals surface area contributed by atoms with Gasteiger partial charge in [0.2, 0.25) is 12.3 Å². The zero-order valence-electron chi connectivity index (χ0n) is 17.5. The Bertz CT molecular complexity index is 908. The fourth-order valence-corrected chi connectivity index (χ4v) is 3.16. The smallest absolute Gasteiger partial charge is 0.416 e. The molecule has 0 fully saturated rings. The van der Waals surface area contributed by atoms with Crippen LogP contribution >= 0.6 is 0 Å². The van der Waals surface area contributed by atoms with Crippen LogP contribution < -0.4 is 9.64 Å². The molecule has 2 atom stereocenters. The summed E-state index contributed by atoms with van der Waals surface area (Å²) in [6, 6.07) is 9.41. The highest BCUT2D eigenvalue weighted by molar-refractivity contribution is 6.08. The summed E-state index contributed by atoms with van der Waals surface area (Å²) >= 11 is 0. The first-order chi connectivity index (χ1) is 14.6. The molecule has 0 saturated heterocycles. The molecule has 0 bridgehead atoms. The molecule has 2 rings (SSSR count). The number of esters is 1. The lowest BCUT2D eigenvalue weighted by Crippen LogP contribution is -2.37. The minimum absolute atomic E-state index is 0.0406. The molecule has 0 aromatic heterocycles. The highest BCUT2D eigenvalue weighted by Gasteiger charge is 2.30. The Labute approximate surface area is 178 Å². The molecule has 0 radical (unpaired) electrons. The second-order valence-corrected chi connectivity index (χ2v) is 7.17. The molecule has 0 aliphatic carbocycles. The van der Waals surface area contributed by atoms with Crippen molar-refractivity contribution in [1.29, 1.82) is 0 Å². The highest BCUT2D eigenvalue weighted by atomic mass is 19.4. The van der Waals surface area contributed by atoms with Crippen LogP contribution in [0, 0.1) is 11.8 Å². The average Bonchev–Trinajstić information content (AvgIpc) is 2.75. The molecule has 2 aromatic carbocycles. The predicted octanol–water partition coefficient (Wildman–Crippen LogP) is 5.49. The molecule has 2 amide bonds. The second-order valence-electron chi connectivity index (χ2n) is 7.17. The summed E-state index contributed by atoms with van der Waals surface area (Å²) in [5.74, 6) is -1.19. The number of amides is 2. The Balaban J connectivity index is 2.12. The number of hydrogen-bond donors (Lipinski definition) is 0. The number of hydrogen-bond acceptors (Lipinski definition) is 4. The monoisotopic (exact) mass is 435 g/mol. The van der Waals surface area contributed by atoms with Gasteiger partial charge in [0.15, 0.2) is 0 Å². The summed E-state index contributed by atoms with van der Waals surface area (Å²) in [4.78, 5) is 37.5. The van der Waals surface area contributed by atoms with Crippen LogP contribution in [-0.2, 0) is 15.8 Å². The molecule has 0 spiro atoms. The lowest BCUT2D eigenvalue weighted by molar-refractivity contribution is -0.137. The third-order valence-electron chi connectivity index (χ3n) is 5.20. The first-order valence-corrected chi connectivity index (χ1v) is 9.90. The van der Waals surface area contributed by atoms with E-state index < -0.39 is 17.7 Å². The number of carbonyl (C=O) groups excluding carboxylic acids is 3. The SMILES string of the molecule is CCC(C)C(CC)C(=O)N(C=O)c1ccc(OC(=O)c2ccc(C(F)(F)F)cc2)cc1. The lowest BCUT2D eigenvalue weighted by atomic mass is 9.88. The van der Waals surface area contributed by atoms with E-state index >= 15 is 0 Å². The number of ether oxygens (including phenoxy) is 1. The van der Waals surface area contributed by atoms with Crippen molar-refractivity contribution in [2.24, 2.45) is 11.8 Å². The van der Waals surface area contributed by atoms with Gasteiger partial charge in [0, 0.05) is 5.92 Å². The van der Waals surface area contributed by atoms with Crippen molar-refractivity contribution in [2.45, 2.75) is 39.8 Å². The molecular formula is C23H24F3NO4. The molecule has 8 heteroatoms. The largest absolute Gasteiger partial charge is 0.423 e. The van der Waals surface area contributed by atoms with Crippen LogP contribution in [0.5, 0.6) is 5.75 Å². The third kappa shape index (κ3) is 5.93. The summed E-state index contributed by atoms with van der Waals surface area (Å²) in [6.07, 6.45) is -2.64. The van der Waals surface area contributed by atoms with E-state index in [-0.39, 0.29) is 29.1 Å². The van der Waals surface area contributed by atoms with Gasteiger partial charge in [-0.3, -0.25) is 14.5 Å². The van der Waals surface area contributed by atoms with E-state index in [0.717, 1.165) is 35.6 Å². The van der Waals surface area contributed by atoms with Crippen LogP contribution in [0.15, 0.2) is 48.5 Å². The maximum absolute atomic E-state index is 12.8. The van der Waals surface area contributed by atoms with Crippen molar-refractivity contribution in [1.82, 2.24) is 0 Å². The number of alkyl halides is 3. The van der Waals surface area contributed by atoms with E-state index in [2.05, 4.69) is 0 Å². The maximum atomic E-state index is 12.8. The van der Waals surface area contributed by atoms with Crippen LogP contribution in [0.1, 0.15) is 49.5 Å². The second kappa shape index (κ2) is 10.2. The molecule has 166 valence electrons. The topological polar surface area (TPSA) is 63.7 Å². The van der Waals surface area contributed by atoms with Crippen LogP contribution in [0.3, 0.4) is 0 Å². The van der Waals surface area contributed by atoms with Gasteiger partial charge < -0.3 is 4.74 Å². The van der Waals surface area contributed by atoms with Crippen molar-refractivity contribution < 1.29 is 32.3 Å². The van der Waals surface area contributed by atoms with Crippen LogP contribution in [-0.4, -0.2) is 18.3 Å². The van der Waals surface area contributed by atoms with Gasteiger partial charge in [-0.25, -0.2) is 4.79 Å². The van der Waals surface area contributed by atoms with E-state index in [1.807, 2.05) is 20.8 Å². The van der Waals surface area contributed by atoms with Gasteiger partial charge >= 0.3 is 12.1 Å². The molecule has 0 aliphatic rings. The van der Waals surface area contributed by atoms with Crippen LogP contribution in [0.2, 0.25) is 0 Å². The maximum Gasteiger partial charge on any atom is 0.416 e. The molecule has 0 saturated carbocycles. The number of halogens is 3. The quantitative estimate of drug-likeness (QED) is 0.313. The van der Waals surface area contributed by atoms with E-state index in [0.29, 0.717) is 18.5 Å². The third-order valence-corrected chi connectivity index (χ3v) is 5.20. The van der Waals surface area contributed by atoms with Gasteiger partial charge in [0.05, 0.1) is 16.8 Å². The number of benzene rings is 2. The molecule has 0 aliphatic heterocycles. The number of nitrogens with zero attached hydrogens (tertiary/aromatic N) is 1. The summed E-state index contributed by atoms with van der Waals surface area (Å²) < 4.78 is 43.0. The summed E-state index contributed by atoms with van der Waals surface area (Å²) in [5.41, 5.74) is -0.577. The van der Waals surface area contributed by atoms with E-state index in [9.17, 15) is 27.6 Å². The van der Waals surface area contributed by atoms with Gasteiger partial charge in [-0.15, -0.1) is 0 Å². The van der Waals surface area contributed by atoms with E-state index in [1.165, 1.54) is 24.3 Å². The molecule has 2 unspecified atom stereocenters. The number of carbonyl (C=O) groups is 3. The fraction of sp³-hybridized carbons (Fsp3) is 0.348. The van der Waals surface area contributed by atoms with Gasteiger partial charge in [0.1, 0.15) is 5.75 Å². The zero-order chi connectivity index (χ0) is 23.2. The molecule has 0 heterocycles. The molecule has 31 heavy (non-hydrogen) atoms. The summed E-state index contributed by atoms with van der Waals surface area (Å²) in [7, 11) is 0. The lowest BCUT2D eigenvalue weighted by Gasteiger charge is -2.25. The molecule has 2 aromatic rings. The Morgan fingerprint density at radius 3 is 2.03 bits per heavy atom. The van der Waals surface area contributed by atoms with Crippen molar-refractivity contribution in [2.75, 3.05) is 4.90 Å². The molecular weight excluding hydrogens is 411 g/mol. The Morgan fingerprint density at radius 2 is 1.58 bits per heavy atom. The standard InChI is InChI=1S/C23H24F3NO4/c1-4-15(3)20(5-2)21(29)27(14-28)18-10-12-19(13-11-18)31-22(30)16-6-8-17(9-7-16)23(24,25)26/h6-15,20H,4-5H2,1-3H3. The normalized spacial score (nSPS) is 13.2. The minimum atomic E-state index is -4.49. The fourth-order valence-electron chi connectivity index (χ4n) is 3.16. The first-order valence-electron chi connectivity index (χ1n) is 9.90. The Morgan fingerprint density at radius 1 is 1.00 bits per heavy atom.